The van der Waals surface area contributed by atoms with Gasteiger partial charge < -0.3 is 24.6 Å². The van der Waals surface area contributed by atoms with Crippen molar-refractivity contribution in [3.8, 4) is 22.8 Å². The number of benzene rings is 2. The van der Waals surface area contributed by atoms with Crippen molar-refractivity contribution in [2.24, 2.45) is 5.92 Å². The molecule has 2 heterocycles. The molecule has 0 aliphatic carbocycles. The van der Waals surface area contributed by atoms with Crippen LogP contribution < -0.4 is 20.1 Å². The first-order valence-electron chi connectivity index (χ1n) is 10.8. The van der Waals surface area contributed by atoms with Gasteiger partial charge in [-0.15, -0.1) is 0 Å². The van der Waals surface area contributed by atoms with Crippen LogP contribution in [0.2, 0.25) is 0 Å². The molecule has 4 rings (SSSR count). The molecule has 3 aromatic rings. The molecule has 0 bridgehead atoms. The van der Waals surface area contributed by atoms with Crippen LogP contribution in [0.15, 0.2) is 47.0 Å². The zero-order valence-corrected chi connectivity index (χ0v) is 19.1. The Labute approximate surface area is 192 Å². The zero-order valence-electron chi connectivity index (χ0n) is 19.1. The highest BCUT2D eigenvalue weighted by Crippen LogP contribution is 2.32. The Bertz CT molecular complexity index is 1180. The number of ether oxygens (including phenoxy) is 2. The van der Waals surface area contributed by atoms with E-state index in [2.05, 4.69) is 15.8 Å². The van der Waals surface area contributed by atoms with Crippen molar-refractivity contribution < 1.29 is 23.6 Å². The van der Waals surface area contributed by atoms with Gasteiger partial charge in [0.1, 0.15) is 6.04 Å². The smallest absolute Gasteiger partial charge is 0.274 e. The van der Waals surface area contributed by atoms with E-state index in [4.69, 9.17) is 14.0 Å². The number of aryl methyl sites for hydroxylation is 2. The van der Waals surface area contributed by atoms with Gasteiger partial charge >= 0.3 is 0 Å². The molecule has 2 N–H and O–H groups in total. The average molecular weight is 450 g/mol. The summed E-state index contributed by atoms with van der Waals surface area (Å²) in [6.07, 6.45) is 0. The summed E-state index contributed by atoms with van der Waals surface area (Å²) < 4.78 is 16.1. The second kappa shape index (κ2) is 9.36. The monoisotopic (exact) mass is 449 g/mol. The molecule has 8 nitrogen and oxygen atoms in total. The predicted molar refractivity (Wildman–Crippen MR) is 122 cm³/mol. The molecule has 0 unspecified atom stereocenters. The van der Waals surface area contributed by atoms with Gasteiger partial charge in [-0.25, -0.2) is 0 Å². The van der Waals surface area contributed by atoms with E-state index in [1.807, 2.05) is 64.1 Å². The van der Waals surface area contributed by atoms with Crippen molar-refractivity contribution in [3.05, 3.63) is 64.8 Å². The molecule has 1 atom stereocenters. The summed E-state index contributed by atoms with van der Waals surface area (Å²) >= 11 is 0. The van der Waals surface area contributed by atoms with Gasteiger partial charge in [0.25, 0.3) is 5.91 Å². The Balaban J connectivity index is 1.41. The maximum absolute atomic E-state index is 12.8. The largest absolute Gasteiger partial charge is 0.454 e. The number of nitrogens with one attached hydrogen (secondary N) is 2. The van der Waals surface area contributed by atoms with Crippen molar-refractivity contribution in [3.63, 3.8) is 0 Å². The van der Waals surface area contributed by atoms with Gasteiger partial charge in [0.2, 0.25) is 12.7 Å². The average Bonchev–Trinajstić information content (AvgIpc) is 3.46. The third-order valence-electron chi connectivity index (χ3n) is 5.54. The van der Waals surface area contributed by atoms with Crippen LogP contribution in [0.4, 0.5) is 0 Å². The van der Waals surface area contributed by atoms with Crippen LogP contribution in [0.5, 0.6) is 11.5 Å². The van der Waals surface area contributed by atoms with E-state index in [1.54, 1.807) is 6.07 Å². The summed E-state index contributed by atoms with van der Waals surface area (Å²) in [5, 5.41) is 9.58. The van der Waals surface area contributed by atoms with Crippen molar-refractivity contribution in [2.75, 3.05) is 6.79 Å². The number of rotatable bonds is 7. The van der Waals surface area contributed by atoms with Crippen molar-refractivity contribution in [2.45, 2.75) is 40.3 Å². The van der Waals surface area contributed by atoms with Crippen LogP contribution >= 0.6 is 0 Å². The molecule has 0 saturated heterocycles. The summed E-state index contributed by atoms with van der Waals surface area (Å²) in [6.45, 7) is 8.19. The first-order chi connectivity index (χ1) is 15.8. The van der Waals surface area contributed by atoms with Gasteiger partial charge in [0.05, 0.1) is 0 Å². The molecular weight excluding hydrogens is 422 g/mol. The molecule has 1 aliphatic rings. The van der Waals surface area contributed by atoms with Crippen LogP contribution in [0.3, 0.4) is 0 Å². The Morgan fingerprint density at radius 3 is 2.61 bits per heavy atom. The Hall–Kier alpha value is -3.81. The van der Waals surface area contributed by atoms with Gasteiger partial charge in [-0.1, -0.05) is 42.8 Å². The fourth-order valence-electron chi connectivity index (χ4n) is 3.61. The first-order valence-corrected chi connectivity index (χ1v) is 10.8. The highest BCUT2D eigenvalue weighted by atomic mass is 16.7. The van der Waals surface area contributed by atoms with Gasteiger partial charge in [-0.05, 0) is 49.1 Å². The minimum atomic E-state index is -0.729. The van der Waals surface area contributed by atoms with E-state index >= 15 is 0 Å². The second-order valence-corrected chi connectivity index (χ2v) is 8.50. The van der Waals surface area contributed by atoms with E-state index in [9.17, 15) is 9.59 Å². The van der Waals surface area contributed by atoms with Gasteiger partial charge in [0.15, 0.2) is 23.0 Å². The molecule has 0 spiro atoms. The molecule has 1 aromatic heterocycles. The fourth-order valence-corrected chi connectivity index (χ4v) is 3.61. The first kappa shape index (κ1) is 22.4. The quantitative estimate of drug-likeness (QED) is 0.569. The number of nitrogens with zero attached hydrogens (tertiary/aromatic N) is 1. The number of hydrogen-bond donors (Lipinski definition) is 2. The van der Waals surface area contributed by atoms with E-state index in [1.165, 1.54) is 0 Å². The Kier molecular flexibility index (Phi) is 6.35. The van der Waals surface area contributed by atoms with Crippen molar-refractivity contribution >= 4 is 11.8 Å². The van der Waals surface area contributed by atoms with E-state index in [0.717, 1.165) is 22.3 Å². The predicted octanol–water partition coefficient (Wildman–Crippen LogP) is 3.76. The topological polar surface area (TPSA) is 103 Å². The highest BCUT2D eigenvalue weighted by Gasteiger charge is 2.26. The standard InChI is InChI=1S/C25H27N3O5/c1-14(2)23(25(30)26-12-17-7-8-20-22(10-17)32-13-31-20)27-24(29)19-11-21(33-28-19)18-9-15(3)5-6-16(18)4/h5-11,14,23H,12-13H2,1-4H3,(H,26,30)(H,27,29)/t23-/m1/s1. The van der Waals surface area contributed by atoms with Crippen LogP contribution in [-0.4, -0.2) is 29.8 Å². The summed E-state index contributed by atoms with van der Waals surface area (Å²) in [4.78, 5) is 25.7. The number of carbonyl (C=O) groups excluding carboxylic acids is 2. The second-order valence-electron chi connectivity index (χ2n) is 8.50. The summed E-state index contributed by atoms with van der Waals surface area (Å²) in [6, 6.07) is 12.4. The normalized spacial score (nSPS) is 13.1. The van der Waals surface area contributed by atoms with Crippen LogP contribution in [-0.2, 0) is 11.3 Å². The molecule has 0 saturated carbocycles. The lowest BCUT2D eigenvalue weighted by molar-refractivity contribution is -0.124. The number of aromatic nitrogens is 1. The van der Waals surface area contributed by atoms with E-state index in [-0.39, 0.29) is 24.3 Å². The minimum Gasteiger partial charge on any atom is -0.454 e. The summed E-state index contributed by atoms with van der Waals surface area (Å²) in [7, 11) is 0. The molecule has 33 heavy (non-hydrogen) atoms. The minimum absolute atomic E-state index is 0.125. The third-order valence-corrected chi connectivity index (χ3v) is 5.54. The van der Waals surface area contributed by atoms with E-state index < -0.39 is 11.9 Å². The zero-order chi connectivity index (χ0) is 23.5. The molecule has 172 valence electrons. The molecule has 2 amide bonds. The fraction of sp³-hybridized carbons (Fsp3) is 0.320. The van der Waals surface area contributed by atoms with Crippen molar-refractivity contribution in [1.29, 1.82) is 0 Å². The SMILES string of the molecule is Cc1ccc(C)c(-c2cc(C(=O)N[C@@H](C(=O)NCc3ccc4c(c3)OCO4)C(C)C)no2)c1. The van der Waals surface area contributed by atoms with Gasteiger partial charge in [-0.3, -0.25) is 9.59 Å². The summed E-state index contributed by atoms with van der Waals surface area (Å²) in [5.41, 5.74) is 3.98. The number of fused-ring (bicyclic) bond motifs is 1. The maximum Gasteiger partial charge on any atom is 0.274 e. The number of amides is 2. The number of hydrogen-bond acceptors (Lipinski definition) is 6. The number of carbonyl (C=O) groups is 2. The summed E-state index contributed by atoms with van der Waals surface area (Å²) in [5.74, 6) is 0.971. The lowest BCUT2D eigenvalue weighted by atomic mass is 10.0. The highest BCUT2D eigenvalue weighted by molar-refractivity contribution is 5.96. The molecule has 0 fully saturated rings. The van der Waals surface area contributed by atoms with Gasteiger partial charge in [0, 0.05) is 18.2 Å². The molecule has 8 heteroatoms. The molecule has 1 aliphatic heterocycles. The maximum atomic E-state index is 12.8. The van der Waals surface area contributed by atoms with Crippen LogP contribution in [0.25, 0.3) is 11.3 Å². The third kappa shape index (κ3) is 5.00. The van der Waals surface area contributed by atoms with Crippen LogP contribution in [0, 0.1) is 19.8 Å². The lowest BCUT2D eigenvalue weighted by Crippen LogP contribution is -2.49. The van der Waals surface area contributed by atoms with Gasteiger partial charge in [-0.2, -0.15) is 0 Å². The molecule has 0 radical (unpaired) electrons. The Morgan fingerprint density at radius 1 is 1.03 bits per heavy atom. The van der Waals surface area contributed by atoms with E-state index in [0.29, 0.717) is 23.8 Å². The van der Waals surface area contributed by atoms with Crippen LogP contribution in [0.1, 0.15) is 41.0 Å². The van der Waals surface area contributed by atoms with Crippen molar-refractivity contribution in [1.82, 2.24) is 15.8 Å². The lowest BCUT2D eigenvalue weighted by Gasteiger charge is -2.21. The Morgan fingerprint density at radius 2 is 1.82 bits per heavy atom. The molecule has 2 aromatic carbocycles. The molecular formula is C25H27N3O5.